The second-order valence-corrected chi connectivity index (χ2v) is 5.42. The van der Waals surface area contributed by atoms with Gasteiger partial charge >= 0.3 is 6.01 Å². The number of hydrazine groups is 1. The molecule has 1 aliphatic rings. The third kappa shape index (κ3) is 4.68. The lowest BCUT2D eigenvalue weighted by molar-refractivity contribution is 0.0214. The Balaban J connectivity index is 2.08. The molecule has 0 aliphatic carbocycles. The highest BCUT2D eigenvalue weighted by Crippen LogP contribution is 2.18. The van der Waals surface area contributed by atoms with Gasteiger partial charge in [0, 0.05) is 20.2 Å². The van der Waals surface area contributed by atoms with E-state index in [1.54, 1.807) is 0 Å². The van der Waals surface area contributed by atoms with Crippen LogP contribution in [-0.4, -0.2) is 47.4 Å². The molecular formula is C13H24N6O2. The number of nitrogens with two attached hydrogens (primary N) is 1. The van der Waals surface area contributed by atoms with Gasteiger partial charge in [0.1, 0.15) is 0 Å². The lowest BCUT2D eigenvalue weighted by atomic mass is 10.1. The monoisotopic (exact) mass is 296 g/mol. The molecule has 1 unspecified atom stereocenters. The van der Waals surface area contributed by atoms with Crippen molar-refractivity contribution in [1.29, 1.82) is 0 Å². The minimum Gasteiger partial charge on any atom is -0.461 e. The normalized spacial score (nSPS) is 18.6. The lowest BCUT2D eigenvalue weighted by Gasteiger charge is -2.27. The first kappa shape index (κ1) is 15.7. The molecule has 8 heteroatoms. The van der Waals surface area contributed by atoms with Gasteiger partial charge in [-0.25, -0.2) is 5.84 Å². The Hall–Kier alpha value is -1.67. The summed E-state index contributed by atoms with van der Waals surface area (Å²) >= 11 is 0. The summed E-state index contributed by atoms with van der Waals surface area (Å²) in [4.78, 5) is 14.6. The van der Waals surface area contributed by atoms with Crippen LogP contribution in [0.5, 0.6) is 6.01 Å². The Labute approximate surface area is 125 Å². The summed E-state index contributed by atoms with van der Waals surface area (Å²) in [5.74, 6) is 6.20. The average molecular weight is 296 g/mol. The number of ether oxygens (including phenoxy) is 2. The zero-order chi connectivity index (χ0) is 15.2. The first-order valence-electron chi connectivity index (χ1n) is 7.30. The number of anilines is 2. The number of aromatic nitrogens is 3. The topological polar surface area (TPSA) is 98.4 Å². The molecule has 21 heavy (non-hydrogen) atoms. The van der Waals surface area contributed by atoms with Gasteiger partial charge in [0.05, 0.1) is 12.2 Å². The van der Waals surface area contributed by atoms with Crippen molar-refractivity contribution < 1.29 is 9.47 Å². The maximum absolute atomic E-state index is 5.74. The van der Waals surface area contributed by atoms with Crippen molar-refractivity contribution in [2.24, 2.45) is 5.84 Å². The molecule has 8 nitrogen and oxygen atoms in total. The van der Waals surface area contributed by atoms with E-state index in [-0.39, 0.29) is 24.2 Å². The fraction of sp³-hybridized carbons (Fsp3) is 0.769. The van der Waals surface area contributed by atoms with E-state index in [0.717, 1.165) is 26.0 Å². The molecule has 0 bridgehead atoms. The molecule has 118 valence electrons. The summed E-state index contributed by atoms with van der Waals surface area (Å²) in [7, 11) is 1.92. The summed E-state index contributed by atoms with van der Waals surface area (Å²) in [5.41, 5.74) is 2.44. The molecule has 1 aliphatic heterocycles. The molecule has 0 radical (unpaired) electrons. The van der Waals surface area contributed by atoms with Crippen molar-refractivity contribution >= 4 is 11.9 Å². The van der Waals surface area contributed by atoms with Crippen LogP contribution in [0.1, 0.15) is 33.1 Å². The number of hydrogen-bond donors (Lipinski definition) is 2. The van der Waals surface area contributed by atoms with Crippen molar-refractivity contribution in [3.05, 3.63) is 0 Å². The first-order valence-corrected chi connectivity index (χ1v) is 7.30. The first-order chi connectivity index (χ1) is 10.1. The zero-order valence-electron chi connectivity index (χ0n) is 12.9. The highest BCUT2D eigenvalue weighted by Gasteiger charge is 2.19. The molecule has 1 fully saturated rings. The molecule has 1 atom stereocenters. The van der Waals surface area contributed by atoms with Crippen molar-refractivity contribution in [2.75, 3.05) is 30.5 Å². The van der Waals surface area contributed by atoms with Gasteiger partial charge < -0.3 is 14.4 Å². The number of rotatable bonds is 6. The quantitative estimate of drug-likeness (QED) is 0.591. The Morgan fingerprint density at radius 3 is 2.81 bits per heavy atom. The van der Waals surface area contributed by atoms with Gasteiger partial charge in [-0.1, -0.05) is 0 Å². The summed E-state index contributed by atoms with van der Waals surface area (Å²) in [6.07, 6.45) is 3.60. The van der Waals surface area contributed by atoms with Gasteiger partial charge in [-0.3, -0.25) is 5.43 Å². The van der Waals surface area contributed by atoms with Crippen molar-refractivity contribution in [3.8, 4) is 6.01 Å². The SMILES string of the molecule is CC(C)Oc1nc(NN)nc(N(C)CC2CCCCO2)n1. The van der Waals surface area contributed by atoms with Crippen molar-refractivity contribution in [2.45, 2.75) is 45.3 Å². The van der Waals surface area contributed by atoms with E-state index < -0.39 is 0 Å². The van der Waals surface area contributed by atoms with Crippen LogP contribution in [0.25, 0.3) is 0 Å². The largest absolute Gasteiger partial charge is 0.461 e. The van der Waals surface area contributed by atoms with Crippen LogP contribution in [-0.2, 0) is 4.74 Å². The Bertz CT molecular complexity index is 450. The van der Waals surface area contributed by atoms with E-state index in [1.165, 1.54) is 6.42 Å². The molecule has 0 amide bonds. The Kier molecular flexibility index (Phi) is 5.51. The summed E-state index contributed by atoms with van der Waals surface area (Å²) < 4.78 is 11.3. The van der Waals surface area contributed by atoms with Crippen LogP contribution < -0.4 is 20.9 Å². The van der Waals surface area contributed by atoms with Gasteiger partial charge in [0.15, 0.2) is 0 Å². The zero-order valence-corrected chi connectivity index (χ0v) is 12.9. The lowest BCUT2D eigenvalue weighted by Crippen LogP contribution is -2.34. The van der Waals surface area contributed by atoms with Gasteiger partial charge in [-0.15, -0.1) is 0 Å². The van der Waals surface area contributed by atoms with Crippen molar-refractivity contribution in [3.63, 3.8) is 0 Å². The fourth-order valence-electron chi connectivity index (χ4n) is 2.18. The predicted molar refractivity (Wildman–Crippen MR) is 80.3 cm³/mol. The van der Waals surface area contributed by atoms with Crippen LogP contribution in [0, 0.1) is 0 Å². The minimum absolute atomic E-state index is 0.0159. The molecule has 1 saturated heterocycles. The second-order valence-electron chi connectivity index (χ2n) is 5.42. The smallest absolute Gasteiger partial charge is 0.323 e. The van der Waals surface area contributed by atoms with Gasteiger partial charge in [0.2, 0.25) is 11.9 Å². The van der Waals surface area contributed by atoms with E-state index in [1.807, 2.05) is 25.8 Å². The molecule has 2 rings (SSSR count). The third-order valence-corrected chi connectivity index (χ3v) is 3.17. The molecule has 0 aromatic carbocycles. The standard InChI is InChI=1S/C13H24N6O2/c1-9(2)21-13-16-11(18-14)15-12(17-13)19(3)8-10-6-4-5-7-20-10/h9-10H,4-8,14H2,1-3H3,(H,15,16,17,18). The molecule has 0 saturated carbocycles. The predicted octanol–water partition coefficient (Wildman–Crippen LogP) is 0.950. The molecule has 1 aromatic heterocycles. The summed E-state index contributed by atoms with van der Waals surface area (Å²) in [5, 5.41) is 0. The van der Waals surface area contributed by atoms with Crippen LogP contribution in [0.2, 0.25) is 0 Å². The maximum atomic E-state index is 5.74. The van der Waals surface area contributed by atoms with E-state index in [9.17, 15) is 0 Å². The highest BCUT2D eigenvalue weighted by molar-refractivity contribution is 5.37. The fourth-order valence-corrected chi connectivity index (χ4v) is 2.18. The maximum Gasteiger partial charge on any atom is 0.323 e. The van der Waals surface area contributed by atoms with Gasteiger partial charge in [-0.2, -0.15) is 15.0 Å². The van der Waals surface area contributed by atoms with Crippen LogP contribution >= 0.6 is 0 Å². The molecule has 2 heterocycles. The number of nitrogens with zero attached hydrogens (tertiary/aromatic N) is 4. The van der Waals surface area contributed by atoms with E-state index >= 15 is 0 Å². The van der Waals surface area contributed by atoms with Gasteiger partial charge in [-0.05, 0) is 33.1 Å². The van der Waals surface area contributed by atoms with Crippen LogP contribution in [0.3, 0.4) is 0 Å². The Morgan fingerprint density at radius 1 is 1.38 bits per heavy atom. The number of hydrogen-bond acceptors (Lipinski definition) is 8. The molecule has 1 aromatic rings. The Morgan fingerprint density at radius 2 is 2.19 bits per heavy atom. The number of nitrogen functional groups attached to an aromatic ring is 1. The van der Waals surface area contributed by atoms with Crippen LogP contribution in [0.15, 0.2) is 0 Å². The highest BCUT2D eigenvalue weighted by atomic mass is 16.5. The minimum atomic E-state index is -0.0159. The summed E-state index contributed by atoms with van der Waals surface area (Å²) in [6.45, 7) is 5.39. The molecule has 0 spiro atoms. The van der Waals surface area contributed by atoms with Gasteiger partial charge in [0.25, 0.3) is 0 Å². The summed E-state index contributed by atoms with van der Waals surface area (Å²) in [6, 6.07) is 0.263. The number of nitrogens with one attached hydrogen (secondary N) is 1. The molecule has 3 N–H and O–H groups in total. The van der Waals surface area contributed by atoms with E-state index in [2.05, 4.69) is 20.4 Å². The van der Waals surface area contributed by atoms with Crippen LogP contribution in [0.4, 0.5) is 11.9 Å². The average Bonchev–Trinajstić information content (AvgIpc) is 2.47. The number of likely N-dealkylation sites (N-methyl/N-ethyl adjacent to an activating group) is 1. The van der Waals surface area contributed by atoms with Crippen molar-refractivity contribution in [1.82, 2.24) is 15.0 Å². The second kappa shape index (κ2) is 7.37. The molecular weight excluding hydrogens is 272 g/mol. The van der Waals surface area contributed by atoms with E-state index in [0.29, 0.717) is 5.95 Å². The third-order valence-electron chi connectivity index (χ3n) is 3.17. The van der Waals surface area contributed by atoms with E-state index in [4.69, 9.17) is 15.3 Å².